The van der Waals surface area contributed by atoms with E-state index in [1.807, 2.05) is 24.8 Å². The van der Waals surface area contributed by atoms with Crippen LogP contribution in [0.15, 0.2) is 18.5 Å². The van der Waals surface area contributed by atoms with Crippen LogP contribution in [-0.2, 0) is 0 Å². The average molecular weight is 236 g/mol. The van der Waals surface area contributed by atoms with Crippen LogP contribution < -0.4 is 5.32 Å². The molecule has 2 heterocycles. The lowest BCUT2D eigenvalue weighted by Gasteiger charge is -2.22. The zero-order valence-corrected chi connectivity index (χ0v) is 10.2. The van der Waals surface area contributed by atoms with E-state index in [-0.39, 0.29) is 5.78 Å². The molecule has 1 atom stereocenters. The number of rotatable bonds is 3. The molecule has 0 amide bonds. The molecule has 3 nitrogen and oxygen atoms in total. The van der Waals surface area contributed by atoms with Gasteiger partial charge in [0.05, 0.1) is 0 Å². The van der Waals surface area contributed by atoms with Crippen molar-refractivity contribution in [3.05, 3.63) is 29.6 Å². The minimum Gasteiger partial charge on any atom is -0.312 e. The summed E-state index contributed by atoms with van der Waals surface area (Å²) in [7, 11) is 0. The Labute approximate surface area is 100 Å². The molecule has 0 spiro atoms. The maximum absolute atomic E-state index is 12.0. The minimum absolute atomic E-state index is 0.200. The number of Topliss-reactive ketones (excluding diaryl/α,β-unsaturated/α-hetero) is 1. The first-order valence-corrected chi connectivity index (χ1v) is 6.68. The van der Waals surface area contributed by atoms with Gasteiger partial charge in [0.1, 0.15) is 0 Å². The molecule has 2 rings (SSSR count). The Morgan fingerprint density at radius 3 is 3.25 bits per heavy atom. The molecule has 1 aromatic heterocycles. The summed E-state index contributed by atoms with van der Waals surface area (Å²) in [5.41, 5.74) is 1.78. The van der Waals surface area contributed by atoms with Gasteiger partial charge in [0.2, 0.25) is 0 Å². The van der Waals surface area contributed by atoms with Crippen LogP contribution in [-0.4, -0.2) is 34.9 Å². The number of thioether (sulfide) groups is 1. The number of aromatic nitrogens is 1. The number of pyridine rings is 1. The molecule has 1 aromatic rings. The monoisotopic (exact) mass is 236 g/mol. The van der Waals surface area contributed by atoms with Crippen LogP contribution in [0.5, 0.6) is 0 Å². The number of hydrogen-bond donors (Lipinski definition) is 1. The van der Waals surface area contributed by atoms with Crippen molar-refractivity contribution in [3.63, 3.8) is 0 Å². The third kappa shape index (κ3) is 2.83. The van der Waals surface area contributed by atoms with Crippen molar-refractivity contribution in [2.75, 3.05) is 18.1 Å². The van der Waals surface area contributed by atoms with Crippen LogP contribution in [0.1, 0.15) is 22.3 Å². The Bertz CT molecular complexity index is 375. The van der Waals surface area contributed by atoms with Gasteiger partial charge in [0.25, 0.3) is 0 Å². The van der Waals surface area contributed by atoms with E-state index in [0.29, 0.717) is 12.5 Å². The number of nitrogens with one attached hydrogen (secondary N) is 1. The van der Waals surface area contributed by atoms with E-state index in [1.54, 1.807) is 12.4 Å². The van der Waals surface area contributed by atoms with Gasteiger partial charge < -0.3 is 5.32 Å². The Morgan fingerprint density at radius 1 is 1.69 bits per heavy atom. The van der Waals surface area contributed by atoms with Gasteiger partial charge in [-0.05, 0) is 18.6 Å². The summed E-state index contributed by atoms with van der Waals surface area (Å²) in [6, 6.07) is 2.21. The fourth-order valence-corrected chi connectivity index (χ4v) is 2.79. The summed E-state index contributed by atoms with van der Waals surface area (Å²) >= 11 is 1.91. The number of carbonyl (C=O) groups excluding carboxylic acids is 1. The summed E-state index contributed by atoms with van der Waals surface area (Å²) in [6.45, 7) is 2.96. The van der Waals surface area contributed by atoms with Crippen molar-refractivity contribution in [1.82, 2.24) is 10.3 Å². The van der Waals surface area contributed by atoms with Gasteiger partial charge in [-0.1, -0.05) is 0 Å². The van der Waals surface area contributed by atoms with Gasteiger partial charge in [-0.15, -0.1) is 0 Å². The van der Waals surface area contributed by atoms with Crippen LogP contribution in [0, 0.1) is 6.92 Å². The quantitative estimate of drug-likeness (QED) is 0.811. The molecule has 1 fully saturated rings. The number of hydrogen-bond acceptors (Lipinski definition) is 4. The Morgan fingerprint density at radius 2 is 2.56 bits per heavy atom. The lowest BCUT2D eigenvalue weighted by Crippen LogP contribution is -2.38. The smallest absolute Gasteiger partial charge is 0.166 e. The highest BCUT2D eigenvalue weighted by atomic mass is 32.2. The van der Waals surface area contributed by atoms with Gasteiger partial charge in [-0.3, -0.25) is 9.78 Å². The number of nitrogens with zero attached hydrogens (tertiary/aromatic N) is 1. The Balaban J connectivity index is 2.00. The topological polar surface area (TPSA) is 42.0 Å². The molecule has 1 unspecified atom stereocenters. The summed E-state index contributed by atoms with van der Waals surface area (Å²) < 4.78 is 0. The number of aryl methyl sites for hydroxylation is 1. The maximum atomic E-state index is 12.0. The first kappa shape index (κ1) is 11.6. The average Bonchev–Trinajstić information content (AvgIpc) is 2.31. The lowest BCUT2D eigenvalue weighted by atomic mass is 10.0. The molecular formula is C12H16N2OS. The second kappa shape index (κ2) is 5.46. The van der Waals surface area contributed by atoms with Gasteiger partial charge in [0.15, 0.2) is 5.78 Å². The van der Waals surface area contributed by atoms with Gasteiger partial charge in [0, 0.05) is 48.5 Å². The fraction of sp³-hybridized carbons (Fsp3) is 0.500. The van der Waals surface area contributed by atoms with Crippen molar-refractivity contribution in [2.24, 2.45) is 0 Å². The number of ketones is 1. The van der Waals surface area contributed by atoms with Crippen molar-refractivity contribution < 1.29 is 4.79 Å². The normalized spacial score (nSPS) is 20.7. The van der Waals surface area contributed by atoms with Crippen molar-refractivity contribution in [2.45, 2.75) is 19.4 Å². The van der Waals surface area contributed by atoms with E-state index in [4.69, 9.17) is 0 Å². The van der Waals surface area contributed by atoms with Gasteiger partial charge in [-0.25, -0.2) is 0 Å². The van der Waals surface area contributed by atoms with Crippen LogP contribution in [0.25, 0.3) is 0 Å². The molecule has 0 bridgehead atoms. The second-order valence-electron chi connectivity index (χ2n) is 4.04. The predicted molar refractivity (Wildman–Crippen MR) is 67.0 cm³/mol. The summed E-state index contributed by atoms with van der Waals surface area (Å²) in [5.74, 6) is 2.38. The van der Waals surface area contributed by atoms with Gasteiger partial charge >= 0.3 is 0 Å². The van der Waals surface area contributed by atoms with Crippen LogP contribution in [0.3, 0.4) is 0 Å². The van der Waals surface area contributed by atoms with Crippen LogP contribution in [0.2, 0.25) is 0 Å². The van der Waals surface area contributed by atoms with E-state index in [1.165, 1.54) is 0 Å². The third-order valence-electron chi connectivity index (χ3n) is 2.77. The zero-order chi connectivity index (χ0) is 11.4. The molecule has 0 radical (unpaired) electrons. The lowest BCUT2D eigenvalue weighted by molar-refractivity contribution is 0.0971. The first-order valence-electron chi connectivity index (χ1n) is 5.52. The van der Waals surface area contributed by atoms with Crippen molar-refractivity contribution >= 4 is 17.5 Å². The first-order chi connectivity index (χ1) is 7.77. The molecule has 4 heteroatoms. The highest BCUT2D eigenvalue weighted by Gasteiger charge is 2.18. The van der Waals surface area contributed by atoms with E-state index in [9.17, 15) is 4.79 Å². The van der Waals surface area contributed by atoms with Crippen LogP contribution in [0.4, 0.5) is 0 Å². The van der Waals surface area contributed by atoms with Crippen LogP contribution >= 0.6 is 11.8 Å². The Hall–Kier alpha value is -0.870. The largest absolute Gasteiger partial charge is 0.312 e. The van der Waals surface area contributed by atoms with Crippen molar-refractivity contribution in [1.29, 1.82) is 0 Å². The fourth-order valence-electron chi connectivity index (χ4n) is 1.84. The van der Waals surface area contributed by atoms with E-state index in [0.717, 1.165) is 29.2 Å². The van der Waals surface area contributed by atoms with Crippen molar-refractivity contribution in [3.8, 4) is 0 Å². The molecule has 0 aliphatic carbocycles. The molecule has 0 aromatic carbocycles. The molecular weight excluding hydrogens is 220 g/mol. The molecule has 1 aliphatic rings. The minimum atomic E-state index is 0.200. The highest BCUT2D eigenvalue weighted by Crippen LogP contribution is 2.14. The molecule has 1 saturated heterocycles. The molecule has 16 heavy (non-hydrogen) atoms. The SMILES string of the molecule is Cc1ccncc1C(=O)CC1CSCCN1. The Kier molecular flexibility index (Phi) is 3.96. The molecule has 1 N–H and O–H groups in total. The van der Waals surface area contributed by atoms with E-state index in [2.05, 4.69) is 10.3 Å². The highest BCUT2D eigenvalue weighted by molar-refractivity contribution is 7.99. The predicted octanol–water partition coefficient (Wildman–Crippen LogP) is 1.67. The molecule has 1 aliphatic heterocycles. The summed E-state index contributed by atoms with van der Waals surface area (Å²) in [5, 5.41) is 3.38. The van der Waals surface area contributed by atoms with E-state index < -0.39 is 0 Å². The summed E-state index contributed by atoms with van der Waals surface area (Å²) in [6.07, 6.45) is 3.98. The standard InChI is InChI=1S/C12H16N2OS/c1-9-2-3-13-7-11(9)12(15)6-10-8-16-5-4-14-10/h2-3,7,10,14H,4-6,8H2,1H3. The maximum Gasteiger partial charge on any atom is 0.166 e. The van der Waals surface area contributed by atoms with E-state index >= 15 is 0 Å². The zero-order valence-electron chi connectivity index (χ0n) is 9.40. The second-order valence-corrected chi connectivity index (χ2v) is 5.19. The summed E-state index contributed by atoms with van der Waals surface area (Å²) in [4.78, 5) is 16.1. The third-order valence-corrected chi connectivity index (χ3v) is 3.90. The molecule has 86 valence electrons. The number of carbonyl (C=O) groups is 1. The van der Waals surface area contributed by atoms with Gasteiger partial charge in [-0.2, -0.15) is 11.8 Å². The molecule has 0 saturated carbocycles.